The highest BCUT2D eigenvalue weighted by atomic mass is 79.9. The second kappa shape index (κ2) is 12.6. The van der Waals surface area contributed by atoms with Crippen LogP contribution in [0.4, 0.5) is 0 Å². The van der Waals surface area contributed by atoms with Gasteiger partial charge in [-0.1, -0.05) is 41.9 Å². The molecule has 4 aliphatic heterocycles. The van der Waals surface area contributed by atoms with Gasteiger partial charge in [-0.3, -0.25) is 19.3 Å². The molecular weight excluding hydrogens is 584 g/mol. The van der Waals surface area contributed by atoms with Crippen molar-refractivity contribution in [2.45, 2.75) is 47.2 Å². The third-order valence-corrected chi connectivity index (χ3v) is 12.0. The minimum absolute atomic E-state index is 0.000659. The molecule has 7 atom stereocenters. The number of likely N-dealkylation sites (N-methyl/N-ethyl adjacent to an activating group) is 1. The van der Waals surface area contributed by atoms with Crippen molar-refractivity contribution in [1.29, 1.82) is 0 Å². The molecule has 4 aliphatic rings. The quantitative estimate of drug-likeness (QED) is 0.259. The maximum Gasteiger partial charge on any atom is 0.247 e. The van der Waals surface area contributed by atoms with Gasteiger partial charge in [0, 0.05) is 56.4 Å². The fourth-order valence-electron chi connectivity index (χ4n) is 6.85. The Labute approximate surface area is 245 Å². The first kappa shape index (κ1) is 30.6. The number of aliphatic hydroxyl groups excluding tert-OH is 1. The van der Waals surface area contributed by atoms with Crippen LogP contribution < -0.4 is 0 Å². The van der Waals surface area contributed by atoms with Crippen LogP contribution in [0.25, 0.3) is 0 Å². The van der Waals surface area contributed by atoms with E-state index in [9.17, 15) is 19.5 Å². The highest BCUT2D eigenvalue weighted by Gasteiger charge is 2.76. The van der Waals surface area contributed by atoms with E-state index in [-0.39, 0.29) is 40.3 Å². The molecule has 0 saturated carbocycles. The number of carbonyl (C=O) groups is 3. The Bertz CT molecular complexity index is 962. The molecule has 0 radical (unpaired) electrons. The van der Waals surface area contributed by atoms with Crippen molar-refractivity contribution in [2.24, 2.45) is 17.8 Å². The zero-order chi connectivity index (χ0) is 28.5. The fraction of sp³-hybridized carbons (Fsp3) is 0.750. The van der Waals surface area contributed by atoms with Gasteiger partial charge < -0.3 is 24.5 Å². The number of rotatable bonds is 12. The van der Waals surface area contributed by atoms with Gasteiger partial charge in [0.25, 0.3) is 0 Å². The van der Waals surface area contributed by atoms with Gasteiger partial charge in [-0.05, 0) is 12.3 Å². The number of halogens is 1. The molecule has 3 amide bonds. The number of carbonyl (C=O) groups excluding carboxylic acids is 3. The number of hydrogen-bond acceptors (Lipinski definition) is 7. The summed E-state index contributed by atoms with van der Waals surface area (Å²) in [5, 5.41) is 10.3. The summed E-state index contributed by atoms with van der Waals surface area (Å²) in [6.07, 6.45) is 4.02. The highest BCUT2D eigenvalue weighted by Crippen LogP contribution is 2.68. The van der Waals surface area contributed by atoms with E-state index in [4.69, 9.17) is 4.74 Å². The lowest BCUT2D eigenvalue weighted by atomic mass is 9.70. The van der Waals surface area contributed by atoms with Crippen LogP contribution in [-0.4, -0.2) is 135 Å². The van der Waals surface area contributed by atoms with Gasteiger partial charge in [-0.2, -0.15) is 0 Å². The first-order valence-electron chi connectivity index (χ1n) is 13.9. The number of hydrogen-bond donors (Lipinski definition) is 1. The molecule has 3 unspecified atom stereocenters. The maximum atomic E-state index is 14.6. The van der Waals surface area contributed by atoms with Crippen LogP contribution in [0.1, 0.15) is 20.3 Å². The van der Waals surface area contributed by atoms with Gasteiger partial charge in [0.05, 0.1) is 42.4 Å². The van der Waals surface area contributed by atoms with Crippen LogP contribution >= 0.6 is 27.7 Å². The summed E-state index contributed by atoms with van der Waals surface area (Å²) < 4.78 is 4.72. The van der Waals surface area contributed by atoms with E-state index in [1.807, 2.05) is 13.8 Å². The Kier molecular flexibility index (Phi) is 9.90. The van der Waals surface area contributed by atoms with Gasteiger partial charge in [-0.25, -0.2) is 0 Å². The Morgan fingerprint density at radius 3 is 2.49 bits per heavy atom. The van der Waals surface area contributed by atoms with Crippen LogP contribution in [0, 0.1) is 17.8 Å². The van der Waals surface area contributed by atoms with E-state index in [2.05, 4.69) is 34.0 Å². The zero-order valence-corrected chi connectivity index (χ0v) is 25.7. The van der Waals surface area contributed by atoms with Gasteiger partial charge >= 0.3 is 0 Å². The lowest BCUT2D eigenvalue weighted by Gasteiger charge is -2.41. The van der Waals surface area contributed by atoms with E-state index in [1.165, 1.54) is 0 Å². The summed E-state index contributed by atoms with van der Waals surface area (Å²) in [6, 6.07) is -1.29. The molecule has 0 aromatic rings. The predicted molar refractivity (Wildman–Crippen MR) is 157 cm³/mol. The molecule has 2 bridgehead atoms. The zero-order valence-electron chi connectivity index (χ0n) is 23.3. The molecule has 4 rings (SSSR count). The van der Waals surface area contributed by atoms with Crippen LogP contribution in [0.15, 0.2) is 25.3 Å². The van der Waals surface area contributed by atoms with E-state index in [1.54, 1.807) is 45.7 Å². The minimum atomic E-state index is -0.767. The summed E-state index contributed by atoms with van der Waals surface area (Å²) in [5.74, 6) is -1.63. The molecule has 1 spiro atoms. The van der Waals surface area contributed by atoms with Gasteiger partial charge in [0.2, 0.25) is 17.7 Å². The largest absolute Gasteiger partial charge is 0.394 e. The van der Waals surface area contributed by atoms with Crippen molar-refractivity contribution in [2.75, 3.05) is 66.1 Å². The molecule has 0 aromatic carbocycles. The smallest absolute Gasteiger partial charge is 0.247 e. The van der Waals surface area contributed by atoms with Gasteiger partial charge in [0.15, 0.2) is 0 Å². The van der Waals surface area contributed by atoms with Gasteiger partial charge in [0.1, 0.15) is 6.04 Å². The first-order chi connectivity index (χ1) is 18.6. The number of alkyl halides is 1. The molecule has 1 N–H and O–H groups in total. The van der Waals surface area contributed by atoms with Crippen molar-refractivity contribution in [3.8, 4) is 0 Å². The Morgan fingerprint density at radius 2 is 1.90 bits per heavy atom. The Morgan fingerprint density at radius 1 is 1.23 bits per heavy atom. The summed E-state index contributed by atoms with van der Waals surface area (Å²) in [6.45, 7) is 16.3. The summed E-state index contributed by atoms with van der Waals surface area (Å²) in [5.41, 5.74) is 0. The molecule has 11 heteroatoms. The van der Waals surface area contributed by atoms with Crippen molar-refractivity contribution >= 4 is 45.4 Å². The molecule has 4 fully saturated rings. The summed E-state index contributed by atoms with van der Waals surface area (Å²) in [4.78, 5) is 50.0. The number of nitrogens with zero attached hydrogens (tertiary/aromatic N) is 4. The number of ether oxygens (including phenoxy) is 1. The standard InChI is InChI=1S/C28H43BrN4O5S/c1-6-8-30(5)25(35)21-22-26(36)33(20(17-34)18(3)4)24(28(22)16-19(29)23(21)39-28)27(37)32(9-7-2)11-10-31-12-14-38-15-13-31/h6-7,18-24,34H,1-2,8-17H2,3-5H3/t19?,20-,21-,22-,23-,24?,28?/m0/s1. The van der Waals surface area contributed by atoms with Crippen molar-refractivity contribution in [3.05, 3.63) is 25.3 Å². The van der Waals surface area contributed by atoms with E-state index >= 15 is 0 Å². The number of likely N-dealkylation sites (tertiary alicyclic amines) is 1. The number of fused-ring (bicyclic) bond motifs is 1. The monoisotopic (exact) mass is 626 g/mol. The van der Waals surface area contributed by atoms with Crippen LogP contribution in [0.2, 0.25) is 0 Å². The van der Waals surface area contributed by atoms with Crippen molar-refractivity contribution in [3.63, 3.8) is 0 Å². The molecule has 4 saturated heterocycles. The predicted octanol–water partition coefficient (Wildman–Crippen LogP) is 1.46. The topological polar surface area (TPSA) is 93.6 Å². The summed E-state index contributed by atoms with van der Waals surface area (Å²) >= 11 is 5.45. The Balaban J connectivity index is 1.72. The van der Waals surface area contributed by atoms with Crippen LogP contribution in [-0.2, 0) is 19.1 Å². The SMILES string of the molecule is C=CCN(C)C(=O)[C@H]1[C@H]2C(=O)N([C@@H](CO)C(C)C)C(C(=O)N(CC=C)CCN3CCOCC3)C23CC(Br)[C@@H]1S3. The summed E-state index contributed by atoms with van der Waals surface area (Å²) in [7, 11) is 1.73. The lowest BCUT2D eigenvalue weighted by molar-refractivity contribution is -0.147. The molecular formula is C28H43BrN4O5S. The average molecular weight is 628 g/mol. The first-order valence-corrected chi connectivity index (χ1v) is 15.7. The molecule has 4 heterocycles. The van der Waals surface area contributed by atoms with E-state index in [0.717, 1.165) is 13.1 Å². The van der Waals surface area contributed by atoms with E-state index in [0.29, 0.717) is 45.8 Å². The molecule has 9 nitrogen and oxygen atoms in total. The third kappa shape index (κ3) is 5.46. The molecule has 0 aromatic heterocycles. The van der Waals surface area contributed by atoms with E-state index < -0.39 is 28.7 Å². The number of morpholine rings is 1. The normalized spacial score (nSPS) is 32.8. The molecule has 218 valence electrons. The average Bonchev–Trinajstić information content (AvgIpc) is 3.50. The second-order valence-corrected chi connectivity index (χ2v) is 14.2. The number of amides is 3. The third-order valence-electron chi connectivity index (χ3n) is 8.79. The van der Waals surface area contributed by atoms with Crippen LogP contribution in [0.3, 0.4) is 0 Å². The van der Waals surface area contributed by atoms with Gasteiger partial charge in [-0.15, -0.1) is 24.9 Å². The lowest BCUT2D eigenvalue weighted by Crippen LogP contribution is -2.59. The minimum Gasteiger partial charge on any atom is -0.394 e. The van der Waals surface area contributed by atoms with Crippen molar-refractivity contribution < 1.29 is 24.2 Å². The molecule has 39 heavy (non-hydrogen) atoms. The maximum absolute atomic E-state index is 14.6. The Hall–Kier alpha value is -1.40. The number of thioether (sulfide) groups is 1. The van der Waals surface area contributed by atoms with Crippen LogP contribution in [0.5, 0.6) is 0 Å². The fourth-order valence-corrected chi connectivity index (χ4v) is 10.4. The number of aliphatic hydroxyl groups is 1. The second-order valence-electron chi connectivity index (χ2n) is 11.4. The van der Waals surface area contributed by atoms with Crippen molar-refractivity contribution in [1.82, 2.24) is 19.6 Å². The highest BCUT2D eigenvalue weighted by molar-refractivity contribution is 9.09. The molecule has 0 aliphatic carbocycles.